The molecule has 1 amide bonds. The Morgan fingerprint density at radius 3 is 2.46 bits per heavy atom. The molecule has 0 N–H and O–H groups in total. The maximum absolute atomic E-state index is 13.4. The van der Waals surface area contributed by atoms with Crippen molar-refractivity contribution in [2.45, 2.75) is 13.8 Å². The van der Waals surface area contributed by atoms with Crippen LogP contribution in [0.3, 0.4) is 0 Å². The Hall–Kier alpha value is -2.43. The van der Waals surface area contributed by atoms with Crippen LogP contribution in [0.25, 0.3) is 22.2 Å². The number of halogens is 1. The van der Waals surface area contributed by atoms with E-state index in [1.54, 1.807) is 0 Å². The van der Waals surface area contributed by atoms with E-state index in [4.69, 9.17) is 16.6 Å². The quantitative estimate of drug-likeness (QED) is 0.650. The van der Waals surface area contributed by atoms with Gasteiger partial charge in [0.15, 0.2) is 0 Å². The van der Waals surface area contributed by atoms with Crippen LogP contribution in [0.4, 0.5) is 0 Å². The van der Waals surface area contributed by atoms with Gasteiger partial charge in [0.2, 0.25) is 0 Å². The SMILES string of the molecule is CCN1CCN(C(=O)c2cc(-c3ccccc3)nc3c(C)c(Cl)ccc23)CC1. The summed E-state index contributed by atoms with van der Waals surface area (Å²) in [4.78, 5) is 22.6. The minimum atomic E-state index is 0.0713. The van der Waals surface area contributed by atoms with Crippen molar-refractivity contribution in [2.75, 3.05) is 32.7 Å². The normalized spacial score (nSPS) is 15.2. The number of nitrogens with zero attached hydrogens (tertiary/aromatic N) is 3. The fourth-order valence-corrected chi connectivity index (χ4v) is 3.93. The van der Waals surface area contributed by atoms with Crippen LogP contribution in [0.1, 0.15) is 22.8 Å². The number of rotatable bonds is 3. The molecule has 0 unspecified atom stereocenters. The van der Waals surface area contributed by atoms with E-state index in [9.17, 15) is 4.79 Å². The molecule has 2 aromatic carbocycles. The smallest absolute Gasteiger partial charge is 0.254 e. The van der Waals surface area contributed by atoms with E-state index >= 15 is 0 Å². The first-order valence-corrected chi connectivity index (χ1v) is 10.1. The summed E-state index contributed by atoms with van der Waals surface area (Å²) in [5.74, 6) is 0.0713. The van der Waals surface area contributed by atoms with E-state index in [2.05, 4.69) is 11.8 Å². The lowest BCUT2D eigenvalue weighted by Gasteiger charge is -2.34. The fourth-order valence-electron chi connectivity index (χ4n) is 3.78. The number of carbonyl (C=O) groups excluding carboxylic acids is 1. The zero-order valence-electron chi connectivity index (χ0n) is 16.3. The summed E-state index contributed by atoms with van der Waals surface area (Å²) >= 11 is 6.36. The van der Waals surface area contributed by atoms with E-state index in [0.29, 0.717) is 10.6 Å². The van der Waals surface area contributed by atoms with Gasteiger partial charge in [-0.1, -0.05) is 54.9 Å². The van der Waals surface area contributed by atoms with Crippen molar-refractivity contribution in [3.8, 4) is 11.3 Å². The minimum absolute atomic E-state index is 0.0713. The van der Waals surface area contributed by atoms with E-state index in [1.807, 2.05) is 60.4 Å². The summed E-state index contributed by atoms with van der Waals surface area (Å²) in [7, 11) is 0. The van der Waals surface area contributed by atoms with Gasteiger partial charge in [0.25, 0.3) is 5.91 Å². The Labute approximate surface area is 170 Å². The zero-order valence-corrected chi connectivity index (χ0v) is 17.0. The average molecular weight is 394 g/mol. The number of likely N-dealkylation sites (N-methyl/N-ethyl adjacent to an activating group) is 1. The first-order valence-electron chi connectivity index (χ1n) is 9.75. The van der Waals surface area contributed by atoms with Crippen LogP contribution in [0.2, 0.25) is 5.02 Å². The Morgan fingerprint density at radius 1 is 1.07 bits per heavy atom. The lowest BCUT2D eigenvalue weighted by molar-refractivity contribution is 0.0645. The van der Waals surface area contributed by atoms with Gasteiger partial charge in [-0.25, -0.2) is 4.98 Å². The second-order valence-electron chi connectivity index (χ2n) is 7.22. The van der Waals surface area contributed by atoms with Crippen molar-refractivity contribution in [1.82, 2.24) is 14.8 Å². The van der Waals surface area contributed by atoms with Gasteiger partial charge in [-0.2, -0.15) is 0 Å². The Morgan fingerprint density at radius 2 is 1.79 bits per heavy atom. The third-order valence-electron chi connectivity index (χ3n) is 5.58. The minimum Gasteiger partial charge on any atom is -0.336 e. The van der Waals surface area contributed by atoms with E-state index < -0.39 is 0 Å². The summed E-state index contributed by atoms with van der Waals surface area (Å²) in [6, 6.07) is 15.7. The standard InChI is InChI=1S/C23H24ClN3O/c1-3-26-11-13-27(14-12-26)23(28)19-15-21(17-7-5-4-6-8-17)25-22-16(2)20(24)10-9-18(19)22/h4-10,15H,3,11-14H2,1-2H3. The number of amides is 1. The maximum atomic E-state index is 13.4. The molecule has 1 aromatic heterocycles. The molecule has 0 bridgehead atoms. The van der Waals surface area contributed by atoms with Gasteiger partial charge in [0.1, 0.15) is 0 Å². The summed E-state index contributed by atoms with van der Waals surface area (Å²) in [5.41, 5.74) is 4.20. The van der Waals surface area contributed by atoms with Crippen LogP contribution in [0, 0.1) is 6.92 Å². The first kappa shape index (κ1) is 18.9. The maximum Gasteiger partial charge on any atom is 0.254 e. The summed E-state index contributed by atoms with van der Waals surface area (Å²) < 4.78 is 0. The molecule has 0 radical (unpaired) electrons. The number of piperazine rings is 1. The highest BCUT2D eigenvalue weighted by Gasteiger charge is 2.24. The van der Waals surface area contributed by atoms with Gasteiger partial charge < -0.3 is 9.80 Å². The molecule has 2 heterocycles. The molecule has 0 saturated carbocycles. The van der Waals surface area contributed by atoms with Crippen molar-refractivity contribution < 1.29 is 4.79 Å². The van der Waals surface area contributed by atoms with Crippen molar-refractivity contribution in [2.24, 2.45) is 0 Å². The Kier molecular flexibility index (Phi) is 5.33. The second-order valence-corrected chi connectivity index (χ2v) is 7.62. The largest absolute Gasteiger partial charge is 0.336 e. The van der Waals surface area contributed by atoms with Crippen LogP contribution in [0.5, 0.6) is 0 Å². The molecule has 28 heavy (non-hydrogen) atoms. The van der Waals surface area contributed by atoms with Gasteiger partial charge in [0.05, 0.1) is 16.8 Å². The fraction of sp³-hybridized carbons (Fsp3) is 0.304. The molecule has 1 saturated heterocycles. The number of aromatic nitrogens is 1. The number of hydrogen-bond donors (Lipinski definition) is 0. The highest BCUT2D eigenvalue weighted by atomic mass is 35.5. The average Bonchev–Trinajstić information content (AvgIpc) is 2.76. The monoisotopic (exact) mass is 393 g/mol. The molecule has 3 aromatic rings. The zero-order chi connectivity index (χ0) is 19.7. The van der Waals surface area contributed by atoms with Gasteiger partial charge in [-0.3, -0.25) is 4.79 Å². The van der Waals surface area contributed by atoms with E-state index in [1.165, 1.54) is 0 Å². The first-order chi connectivity index (χ1) is 13.6. The van der Waals surface area contributed by atoms with Crippen LogP contribution in [-0.2, 0) is 0 Å². The highest BCUT2D eigenvalue weighted by molar-refractivity contribution is 6.32. The van der Waals surface area contributed by atoms with Crippen LogP contribution in [-0.4, -0.2) is 53.4 Å². The molecule has 1 fully saturated rings. The van der Waals surface area contributed by atoms with Crippen LogP contribution < -0.4 is 0 Å². The molecule has 0 aliphatic carbocycles. The number of aryl methyl sites for hydroxylation is 1. The molecule has 4 nitrogen and oxygen atoms in total. The van der Waals surface area contributed by atoms with Gasteiger partial charge in [-0.15, -0.1) is 0 Å². The van der Waals surface area contributed by atoms with Crippen molar-refractivity contribution in [3.05, 3.63) is 64.7 Å². The Bertz CT molecular complexity index is 1010. The molecule has 1 aliphatic rings. The van der Waals surface area contributed by atoms with Crippen molar-refractivity contribution >= 4 is 28.4 Å². The second kappa shape index (κ2) is 7.90. The molecule has 1 aliphatic heterocycles. The number of hydrogen-bond acceptors (Lipinski definition) is 3. The van der Waals surface area contributed by atoms with Crippen molar-refractivity contribution in [1.29, 1.82) is 0 Å². The molecular formula is C23H24ClN3O. The van der Waals surface area contributed by atoms with Gasteiger partial charge in [-0.05, 0) is 31.2 Å². The number of fused-ring (bicyclic) bond motifs is 1. The third-order valence-corrected chi connectivity index (χ3v) is 5.98. The van der Waals surface area contributed by atoms with Gasteiger partial charge in [0, 0.05) is 42.2 Å². The lowest BCUT2D eigenvalue weighted by Crippen LogP contribution is -2.48. The highest BCUT2D eigenvalue weighted by Crippen LogP contribution is 2.31. The molecule has 0 spiro atoms. The van der Waals surface area contributed by atoms with Crippen LogP contribution in [0.15, 0.2) is 48.5 Å². The summed E-state index contributed by atoms with van der Waals surface area (Å²) in [5, 5.41) is 1.53. The molecule has 5 heteroatoms. The summed E-state index contributed by atoms with van der Waals surface area (Å²) in [6.07, 6.45) is 0. The van der Waals surface area contributed by atoms with E-state index in [0.717, 1.165) is 60.4 Å². The van der Waals surface area contributed by atoms with Crippen molar-refractivity contribution in [3.63, 3.8) is 0 Å². The molecular weight excluding hydrogens is 370 g/mol. The third kappa shape index (κ3) is 3.50. The lowest BCUT2D eigenvalue weighted by atomic mass is 10.0. The topological polar surface area (TPSA) is 36.4 Å². The number of pyridine rings is 1. The molecule has 4 rings (SSSR count). The predicted molar refractivity (Wildman–Crippen MR) is 115 cm³/mol. The Balaban J connectivity index is 1.82. The number of benzene rings is 2. The number of carbonyl (C=O) groups is 1. The molecule has 144 valence electrons. The predicted octanol–water partition coefficient (Wildman–Crippen LogP) is 4.64. The van der Waals surface area contributed by atoms with Crippen LogP contribution >= 0.6 is 11.6 Å². The van der Waals surface area contributed by atoms with Gasteiger partial charge >= 0.3 is 0 Å². The molecule has 0 atom stereocenters. The van der Waals surface area contributed by atoms with E-state index in [-0.39, 0.29) is 5.91 Å². The summed E-state index contributed by atoms with van der Waals surface area (Å²) in [6.45, 7) is 8.49.